The van der Waals surface area contributed by atoms with Crippen LogP contribution in [0, 0.1) is 17.2 Å². The fourth-order valence-corrected chi connectivity index (χ4v) is 2.78. The minimum absolute atomic E-state index is 0.0366. The van der Waals surface area contributed by atoms with Crippen LogP contribution in [-0.2, 0) is 11.2 Å². The molecule has 0 aliphatic carbocycles. The van der Waals surface area contributed by atoms with Crippen LogP contribution in [-0.4, -0.2) is 31.6 Å². The Bertz CT molecular complexity index is 607. The van der Waals surface area contributed by atoms with E-state index in [1.165, 1.54) is 0 Å². The number of rotatable bonds is 4. The molecule has 0 N–H and O–H groups in total. The van der Waals surface area contributed by atoms with Gasteiger partial charge in [0.15, 0.2) is 11.5 Å². The number of benzene rings is 1. The van der Waals surface area contributed by atoms with Crippen LogP contribution < -0.4 is 9.47 Å². The van der Waals surface area contributed by atoms with Crippen LogP contribution in [0.4, 0.5) is 0 Å². The lowest BCUT2D eigenvalue weighted by Gasteiger charge is -2.35. The maximum absolute atomic E-state index is 12.5. The Kier molecular flexibility index (Phi) is 4.92. The van der Waals surface area contributed by atoms with E-state index in [2.05, 4.69) is 6.07 Å². The first-order chi connectivity index (χ1) is 10.6. The van der Waals surface area contributed by atoms with Gasteiger partial charge < -0.3 is 14.4 Å². The quantitative estimate of drug-likeness (QED) is 0.858. The Labute approximate surface area is 131 Å². The molecule has 1 aromatic carbocycles. The Morgan fingerprint density at radius 2 is 2.05 bits per heavy atom. The number of amides is 1. The van der Waals surface area contributed by atoms with Gasteiger partial charge in [0.1, 0.15) is 6.04 Å². The van der Waals surface area contributed by atoms with Gasteiger partial charge in [0.05, 0.1) is 20.3 Å². The van der Waals surface area contributed by atoms with Crippen molar-refractivity contribution < 1.29 is 14.3 Å². The van der Waals surface area contributed by atoms with Gasteiger partial charge >= 0.3 is 0 Å². The average molecular weight is 302 g/mol. The second-order valence-electron chi connectivity index (χ2n) is 5.53. The van der Waals surface area contributed by atoms with Gasteiger partial charge in [-0.05, 0) is 36.1 Å². The van der Waals surface area contributed by atoms with E-state index < -0.39 is 6.04 Å². The van der Waals surface area contributed by atoms with Crippen LogP contribution in [0.25, 0.3) is 0 Å². The molecule has 1 aliphatic rings. The van der Waals surface area contributed by atoms with Crippen molar-refractivity contribution in [1.82, 2.24) is 4.90 Å². The third kappa shape index (κ3) is 2.74. The summed E-state index contributed by atoms with van der Waals surface area (Å²) >= 11 is 0. The van der Waals surface area contributed by atoms with Gasteiger partial charge in [0.2, 0.25) is 5.91 Å². The van der Waals surface area contributed by atoms with Gasteiger partial charge in [-0.15, -0.1) is 0 Å². The molecule has 1 aromatic rings. The molecule has 0 fully saturated rings. The highest BCUT2D eigenvalue weighted by molar-refractivity contribution is 5.80. The van der Waals surface area contributed by atoms with Crippen LogP contribution >= 0.6 is 0 Å². The summed E-state index contributed by atoms with van der Waals surface area (Å²) in [6, 6.07) is 5.43. The standard InChI is InChI=1S/C17H22N2O3/c1-5-11(2)17(20)19-7-6-12-8-15(21-3)16(22-4)9-13(12)14(19)10-18/h8-9,11,14H,5-7H2,1-4H3/t11-,14-/m0/s1. The zero-order valence-electron chi connectivity index (χ0n) is 13.5. The van der Waals surface area contributed by atoms with Crippen molar-refractivity contribution in [1.29, 1.82) is 5.26 Å². The number of fused-ring (bicyclic) bond motifs is 1. The summed E-state index contributed by atoms with van der Waals surface area (Å²) in [5.74, 6) is 1.20. The molecule has 0 saturated heterocycles. The lowest BCUT2D eigenvalue weighted by molar-refractivity contribution is -0.136. The van der Waals surface area contributed by atoms with Crippen molar-refractivity contribution in [3.8, 4) is 17.6 Å². The number of carbonyl (C=O) groups is 1. The fraction of sp³-hybridized carbons (Fsp3) is 0.529. The molecule has 2 atom stereocenters. The molecular weight excluding hydrogens is 280 g/mol. The van der Waals surface area contributed by atoms with Crippen LogP contribution in [0.15, 0.2) is 12.1 Å². The van der Waals surface area contributed by atoms with Crippen molar-refractivity contribution in [3.05, 3.63) is 23.3 Å². The van der Waals surface area contributed by atoms with Gasteiger partial charge in [-0.2, -0.15) is 5.26 Å². The second kappa shape index (κ2) is 6.69. The Morgan fingerprint density at radius 1 is 1.41 bits per heavy atom. The monoisotopic (exact) mass is 302 g/mol. The molecule has 0 spiro atoms. The summed E-state index contributed by atoms with van der Waals surface area (Å²) in [4.78, 5) is 14.2. The largest absolute Gasteiger partial charge is 0.493 e. The molecule has 5 nitrogen and oxygen atoms in total. The van der Waals surface area contributed by atoms with Crippen molar-refractivity contribution in [2.75, 3.05) is 20.8 Å². The first-order valence-corrected chi connectivity index (χ1v) is 7.52. The van der Waals surface area contributed by atoms with Crippen LogP contribution in [0.2, 0.25) is 0 Å². The number of methoxy groups -OCH3 is 2. The summed E-state index contributed by atoms with van der Waals surface area (Å²) < 4.78 is 10.6. The highest BCUT2D eigenvalue weighted by Gasteiger charge is 2.33. The van der Waals surface area contributed by atoms with Gasteiger partial charge in [-0.25, -0.2) is 0 Å². The van der Waals surface area contributed by atoms with Gasteiger partial charge in [-0.1, -0.05) is 13.8 Å². The third-order valence-corrected chi connectivity index (χ3v) is 4.31. The van der Waals surface area contributed by atoms with Crippen molar-refractivity contribution in [2.45, 2.75) is 32.7 Å². The molecule has 0 bridgehead atoms. The maximum Gasteiger partial charge on any atom is 0.226 e. The summed E-state index contributed by atoms with van der Waals surface area (Å²) in [6.07, 6.45) is 1.49. The summed E-state index contributed by atoms with van der Waals surface area (Å²) in [5, 5.41) is 9.59. The number of hydrogen-bond acceptors (Lipinski definition) is 4. The zero-order valence-corrected chi connectivity index (χ0v) is 13.5. The Morgan fingerprint density at radius 3 is 2.59 bits per heavy atom. The molecule has 2 rings (SSSR count). The molecular formula is C17H22N2O3. The Balaban J connectivity index is 2.43. The highest BCUT2D eigenvalue weighted by atomic mass is 16.5. The predicted octanol–water partition coefficient (Wildman–Crippen LogP) is 2.70. The smallest absolute Gasteiger partial charge is 0.226 e. The van der Waals surface area contributed by atoms with Crippen molar-refractivity contribution in [2.24, 2.45) is 5.92 Å². The van der Waals surface area contributed by atoms with Crippen LogP contribution in [0.3, 0.4) is 0 Å². The minimum Gasteiger partial charge on any atom is -0.493 e. The average Bonchev–Trinajstić information content (AvgIpc) is 2.57. The van der Waals surface area contributed by atoms with Crippen LogP contribution in [0.1, 0.15) is 37.4 Å². The number of carbonyl (C=O) groups excluding carboxylic acids is 1. The van der Waals surface area contributed by atoms with E-state index >= 15 is 0 Å². The van der Waals surface area contributed by atoms with E-state index in [0.29, 0.717) is 18.0 Å². The van der Waals surface area contributed by atoms with E-state index in [1.54, 1.807) is 19.1 Å². The molecule has 0 aromatic heterocycles. The summed E-state index contributed by atoms with van der Waals surface area (Å²) in [6.45, 7) is 4.44. The van der Waals surface area contributed by atoms with Crippen molar-refractivity contribution >= 4 is 5.91 Å². The van der Waals surface area contributed by atoms with Gasteiger partial charge in [0.25, 0.3) is 0 Å². The molecule has 1 aliphatic heterocycles. The van der Waals surface area contributed by atoms with E-state index in [-0.39, 0.29) is 11.8 Å². The van der Waals surface area contributed by atoms with E-state index in [4.69, 9.17) is 9.47 Å². The minimum atomic E-state index is -0.565. The predicted molar refractivity (Wildman–Crippen MR) is 82.8 cm³/mol. The van der Waals surface area contributed by atoms with E-state index in [0.717, 1.165) is 24.0 Å². The lowest BCUT2D eigenvalue weighted by Crippen LogP contribution is -2.42. The van der Waals surface area contributed by atoms with Gasteiger partial charge in [0, 0.05) is 12.5 Å². The first kappa shape index (κ1) is 16.2. The molecule has 0 saturated carbocycles. The topological polar surface area (TPSA) is 62.6 Å². The number of nitrogens with zero attached hydrogens (tertiary/aromatic N) is 2. The van der Waals surface area contributed by atoms with Crippen LogP contribution in [0.5, 0.6) is 11.5 Å². The molecule has 5 heteroatoms. The highest BCUT2D eigenvalue weighted by Crippen LogP contribution is 2.38. The number of hydrogen-bond donors (Lipinski definition) is 0. The second-order valence-corrected chi connectivity index (χ2v) is 5.53. The SMILES string of the molecule is CC[C@H](C)C(=O)N1CCc2cc(OC)c(OC)cc2[C@@H]1C#N. The summed E-state index contributed by atoms with van der Waals surface area (Å²) in [5.41, 5.74) is 1.88. The molecule has 118 valence electrons. The number of ether oxygens (including phenoxy) is 2. The zero-order chi connectivity index (χ0) is 16.3. The lowest BCUT2D eigenvalue weighted by atomic mass is 9.91. The third-order valence-electron chi connectivity index (χ3n) is 4.31. The first-order valence-electron chi connectivity index (χ1n) is 7.52. The summed E-state index contributed by atoms with van der Waals surface area (Å²) in [7, 11) is 3.16. The Hall–Kier alpha value is -2.22. The number of nitriles is 1. The molecule has 0 unspecified atom stereocenters. The maximum atomic E-state index is 12.5. The van der Waals surface area contributed by atoms with Gasteiger partial charge in [-0.3, -0.25) is 4.79 Å². The normalized spacial score (nSPS) is 18.1. The molecule has 0 radical (unpaired) electrons. The molecule has 1 heterocycles. The molecule has 22 heavy (non-hydrogen) atoms. The van der Waals surface area contributed by atoms with E-state index in [9.17, 15) is 10.1 Å². The molecule has 1 amide bonds. The fourth-order valence-electron chi connectivity index (χ4n) is 2.78. The van der Waals surface area contributed by atoms with E-state index in [1.807, 2.05) is 26.0 Å². The van der Waals surface area contributed by atoms with Crippen molar-refractivity contribution in [3.63, 3.8) is 0 Å².